The summed E-state index contributed by atoms with van der Waals surface area (Å²) in [6, 6.07) is 52.3. The highest BCUT2D eigenvalue weighted by molar-refractivity contribution is 6.02. The van der Waals surface area contributed by atoms with Crippen LogP contribution >= 0.6 is 0 Å². The SMILES string of the molecule is CCc1nc2cccc3c2n1-c1ccc(-c2cc(-c4ccccc4)cc(-c4ccccc4)c2)cc1N3c1ccccc1. The van der Waals surface area contributed by atoms with Crippen molar-refractivity contribution in [1.82, 2.24) is 9.55 Å². The van der Waals surface area contributed by atoms with E-state index in [1.165, 1.54) is 33.4 Å². The number of nitrogens with zero attached hydrogens (tertiary/aromatic N) is 3. The van der Waals surface area contributed by atoms with Crippen molar-refractivity contribution in [3.63, 3.8) is 0 Å². The van der Waals surface area contributed by atoms with E-state index in [2.05, 4.69) is 162 Å². The molecule has 0 aliphatic carbocycles. The van der Waals surface area contributed by atoms with Gasteiger partial charge >= 0.3 is 0 Å². The third-order valence-electron chi connectivity index (χ3n) is 8.23. The first-order valence-electron chi connectivity index (χ1n) is 14.5. The fraction of sp³-hybridized carbons (Fsp3) is 0.0513. The molecular formula is C39H29N3. The molecule has 7 aromatic rings. The van der Waals surface area contributed by atoms with Crippen molar-refractivity contribution < 1.29 is 0 Å². The average molecular weight is 540 g/mol. The Hall–Kier alpha value is -5.41. The minimum absolute atomic E-state index is 0.861. The van der Waals surface area contributed by atoms with Gasteiger partial charge in [-0.1, -0.05) is 97.9 Å². The normalized spacial score (nSPS) is 12.0. The molecule has 1 aliphatic heterocycles. The third kappa shape index (κ3) is 3.93. The highest BCUT2D eigenvalue weighted by atomic mass is 15.2. The number of aromatic nitrogens is 2. The summed E-state index contributed by atoms with van der Waals surface area (Å²) in [5, 5.41) is 0. The third-order valence-corrected chi connectivity index (χ3v) is 8.23. The molecular weight excluding hydrogens is 510 g/mol. The molecule has 200 valence electrons. The van der Waals surface area contributed by atoms with Crippen LogP contribution in [0.1, 0.15) is 12.7 Å². The van der Waals surface area contributed by atoms with Crippen LogP contribution in [0.2, 0.25) is 0 Å². The highest BCUT2D eigenvalue weighted by Crippen LogP contribution is 2.48. The van der Waals surface area contributed by atoms with Crippen LogP contribution in [0.15, 0.2) is 146 Å². The fourth-order valence-electron chi connectivity index (χ4n) is 6.28. The Balaban J connectivity index is 1.38. The van der Waals surface area contributed by atoms with E-state index in [1.54, 1.807) is 0 Å². The van der Waals surface area contributed by atoms with Crippen molar-refractivity contribution in [2.24, 2.45) is 0 Å². The van der Waals surface area contributed by atoms with Crippen molar-refractivity contribution in [2.45, 2.75) is 13.3 Å². The number of imidazole rings is 1. The molecule has 0 saturated carbocycles. The van der Waals surface area contributed by atoms with Gasteiger partial charge in [-0.05, 0) is 88.0 Å². The number of anilines is 3. The number of benzene rings is 6. The molecule has 0 spiro atoms. The van der Waals surface area contributed by atoms with Crippen LogP contribution in [0.4, 0.5) is 17.1 Å². The van der Waals surface area contributed by atoms with Gasteiger partial charge in [-0.15, -0.1) is 0 Å². The predicted molar refractivity (Wildman–Crippen MR) is 175 cm³/mol. The minimum Gasteiger partial charge on any atom is -0.306 e. The lowest BCUT2D eigenvalue weighted by atomic mass is 9.92. The average Bonchev–Trinajstić information content (AvgIpc) is 3.46. The largest absolute Gasteiger partial charge is 0.306 e. The Kier molecular flexibility index (Phi) is 5.75. The van der Waals surface area contributed by atoms with E-state index in [0.29, 0.717) is 0 Å². The van der Waals surface area contributed by atoms with E-state index in [4.69, 9.17) is 4.98 Å². The first-order valence-corrected chi connectivity index (χ1v) is 14.5. The number of hydrogen-bond acceptors (Lipinski definition) is 2. The summed E-state index contributed by atoms with van der Waals surface area (Å²) < 4.78 is 2.36. The van der Waals surface area contributed by atoms with Gasteiger partial charge in [0.1, 0.15) is 5.82 Å². The minimum atomic E-state index is 0.861. The Bertz CT molecular complexity index is 2000. The van der Waals surface area contributed by atoms with Crippen molar-refractivity contribution in [3.8, 4) is 39.1 Å². The van der Waals surface area contributed by atoms with E-state index in [1.807, 2.05) is 0 Å². The fourth-order valence-corrected chi connectivity index (χ4v) is 6.28. The topological polar surface area (TPSA) is 21.1 Å². The molecule has 2 heterocycles. The second kappa shape index (κ2) is 9.90. The van der Waals surface area contributed by atoms with Crippen LogP contribution in [-0.2, 0) is 6.42 Å². The van der Waals surface area contributed by atoms with Crippen LogP contribution in [0.25, 0.3) is 50.1 Å². The zero-order chi connectivity index (χ0) is 28.0. The molecule has 0 bridgehead atoms. The molecule has 1 aliphatic rings. The van der Waals surface area contributed by atoms with Gasteiger partial charge in [0.2, 0.25) is 0 Å². The number of rotatable bonds is 5. The summed E-state index contributed by atoms with van der Waals surface area (Å²) in [7, 11) is 0. The van der Waals surface area contributed by atoms with Crippen LogP contribution in [0, 0.1) is 0 Å². The van der Waals surface area contributed by atoms with Gasteiger partial charge in [0.05, 0.1) is 28.1 Å². The standard InChI is InChI=1S/C39H29N3/c1-2-38-40-34-19-12-20-36-39(34)42(38)35-22-21-29(26-37(35)41(36)33-17-10-5-11-18-33)32-24-30(27-13-6-3-7-14-27)23-31(25-32)28-15-8-4-9-16-28/h3-26H,2H2,1H3. The molecule has 0 unspecified atom stereocenters. The smallest absolute Gasteiger partial charge is 0.114 e. The first kappa shape index (κ1) is 24.4. The zero-order valence-corrected chi connectivity index (χ0v) is 23.4. The van der Waals surface area contributed by atoms with Crippen LogP contribution in [0.5, 0.6) is 0 Å². The number of aryl methyl sites for hydroxylation is 1. The van der Waals surface area contributed by atoms with Crippen LogP contribution < -0.4 is 4.90 Å². The van der Waals surface area contributed by atoms with Gasteiger partial charge in [-0.3, -0.25) is 4.57 Å². The molecule has 3 heteroatoms. The second-order valence-electron chi connectivity index (χ2n) is 10.8. The van der Waals surface area contributed by atoms with Gasteiger partial charge in [-0.25, -0.2) is 4.98 Å². The maximum atomic E-state index is 5.04. The maximum Gasteiger partial charge on any atom is 0.114 e. The molecule has 8 rings (SSSR count). The number of fused-ring (bicyclic) bond motifs is 2. The molecule has 0 atom stereocenters. The Morgan fingerprint density at radius 3 is 1.69 bits per heavy atom. The molecule has 3 nitrogen and oxygen atoms in total. The molecule has 1 aromatic heterocycles. The van der Waals surface area contributed by atoms with E-state index in [0.717, 1.165) is 46.0 Å². The Morgan fingerprint density at radius 1 is 0.476 bits per heavy atom. The second-order valence-corrected chi connectivity index (χ2v) is 10.8. The van der Waals surface area contributed by atoms with Crippen molar-refractivity contribution in [1.29, 1.82) is 0 Å². The maximum absolute atomic E-state index is 5.04. The van der Waals surface area contributed by atoms with Crippen LogP contribution in [-0.4, -0.2) is 9.55 Å². The summed E-state index contributed by atoms with van der Waals surface area (Å²) in [6.07, 6.45) is 0.861. The molecule has 0 fully saturated rings. The van der Waals surface area contributed by atoms with Gasteiger partial charge in [0.15, 0.2) is 0 Å². The first-order chi connectivity index (χ1) is 20.8. The number of hydrogen-bond donors (Lipinski definition) is 0. The molecule has 0 N–H and O–H groups in total. The lowest BCUT2D eigenvalue weighted by molar-refractivity contribution is 0.900. The van der Waals surface area contributed by atoms with E-state index < -0.39 is 0 Å². The summed E-state index contributed by atoms with van der Waals surface area (Å²) >= 11 is 0. The molecule has 0 amide bonds. The quantitative estimate of drug-likeness (QED) is 0.217. The Labute approximate surface area is 246 Å². The molecule has 42 heavy (non-hydrogen) atoms. The predicted octanol–water partition coefficient (Wildman–Crippen LogP) is 10.4. The molecule has 0 saturated heterocycles. The Morgan fingerprint density at radius 2 is 1.07 bits per heavy atom. The van der Waals surface area contributed by atoms with Gasteiger partial charge in [0.25, 0.3) is 0 Å². The van der Waals surface area contributed by atoms with Crippen molar-refractivity contribution in [3.05, 3.63) is 151 Å². The monoisotopic (exact) mass is 539 g/mol. The summed E-state index contributed by atoms with van der Waals surface area (Å²) in [5.74, 6) is 1.08. The van der Waals surface area contributed by atoms with Gasteiger partial charge in [0, 0.05) is 12.1 Å². The summed E-state index contributed by atoms with van der Waals surface area (Å²) in [4.78, 5) is 7.43. The van der Waals surface area contributed by atoms with Crippen LogP contribution in [0.3, 0.4) is 0 Å². The van der Waals surface area contributed by atoms with E-state index in [-0.39, 0.29) is 0 Å². The summed E-state index contributed by atoms with van der Waals surface area (Å²) in [5.41, 5.74) is 14.0. The van der Waals surface area contributed by atoms with Crippen molar-refractivity contribution >= 4 is 28.1 Å². The lowest BCUT2D eigenvalue weighted by Gasteiger charge is -2.33. The lowest BCUT2D eigenvalue weighted by Crippen LogP contribution is -2.19. The van der Waals surface area contributed by atoms with E-state index in [9.17, 15) is 0 Å². The molecule has 6 aromatic carbocycles. The van der Waals surface area contributed by atoms with Crippen molar-refractivity contribution in [2.75, 3.05) is 4.90 Å². The van der Waals surface area contributed by atoms with E-state index >= 15 is 0 Å². The highest BCUT2D eigenvalue weighted by Gasteiger charge is 2.29. The summed E-state index contributed by atoms with van der Waals surface area (Å²) in [6.45, 7) is 2.18. The molecule has 0 radical (unpaired) electrons. The van der Waals surface area contributed by atoms with Gasteiger partial charge in [-0.2, -0.15) is 0 Å². The number of para-hydroxylation sites is 2. The zero-order valence-electron chi connectivity index (χ0n) is 23.4. The van der Waals surface area contributed by atoms with Gasteiger partial charge < -0.3 is 4.90 Å².